The molecule has 0 aromatic carbocycles. The van der Waals surface area contributed by atoms with Gasteiger partial charge in [0, 0.05) is 12.1 Å². The van der Waals surface area contributed by atoms with Crippen LogP contribution in [-0.2, 0) is 0 Å². The molecule has 3 aliphatic rings. The quantitative estimate of drug-likeness (QED) is 0.702. The van der Waals surface area contributed by atoms with Crippen molar-refractivity contribution in [1.82, 2.24) is 5.32 Å². The highest BCUT2D eigenvalue weighted by atomic mass is 16.3. The minimum Gasteiger partial charge on any atom is -0.392 e. The van der Waals surface area contributed by atoms with Gasteiger partial charge in [0.1, 0.15) is 0 Å². The van der Waals surface area contributed by atoms with Crippen molar-refractivity contribution in [2.75, 3.05) is 0 Å². The van der Waals surface area contributed by atoms with Crippen molar-refractivity contribution < 1.29 is 5.11 Å². The Hall–Kier alpha value is -0.0800. The third-order valence-electron chi connectivity index (χ3n) is 4.49. The Morgan fingerprint density at radius 2 is 1.71 bits per heavy atom. The highest BCUT2D eigenvalue weighted by Crippen LogP contribution is 2.49. The molecule has 0 aliphatic heterocycles. The summed E-state index contributed by atoms with van der Waals surface area (Å²) in [7, 11) is 0. The van der Waals surface area contributed by atoms with Crippen molar-refractivity contribution in [3.8, 4) is 0 Å². The van der Waals surface area contributed by atoms with Gasteiger partial charge in [0.05, 0.1) is 6.10 Å². The molecule has 0 aromatic heterocycles. The number of nitrogens with one attached hydrogen (secondary N) is 1. The fourth-order valence-corrected chi connectivity index (χ4v) is 3.53. The van der Waals surface area contributed by atoms with Crippen LogP contribution >= 0.6 is 0 Å². The van der Waals surface area contributed by atoms with Gasteiger partial charge >= 0.3 is 0 Å². The third kappa shape index (κ3) is 1.59. The molecule has 0 bridgehead atoms. The molecule has 3 fully saturated rings. The second-order valence-corrected chi connectivity index (χ2v) is 5.47. The minimum atomic E-state index is -0.0610. The average molecular weight is 195 g/mol. The van der Waals surface area contributed by atoms with E-state index in [2.05, 4.69) is 5.32 Å². The highest BCUT2D eigenvalue weighted by Gasteiger charge is 2.46. The smallest absolute Gasteiger partial charge is 0.0693 e. The van der Waals surface area contributed by atoms with Crippen molar-refractivity contribution in [3.05, 3.63) is 0 Å². The molecule has 3 rings (SSSR count). The molecule has 2 heteroatoms. The van der Waals surface area contributed by atoms with Gasteiger partial charge in [-0.15, -0.1) is 0 Å². The van der Waals surface area contributed by atoms with Gasteiger partial charge in [-0.2, -0.15) is 0 Å². The maximum Gasteiger partial charge on any atom is 0.0693 e. The van der Waals surface area contributed by atoms with Crippen LogP contribution in [0.15, 0.2) is 0 Å². The SMILES string of the molecule is O[C@@H]1CCC[C@H]1NC1CCCC2CC21. The topological polar surface area (TPSA) is 32.3 Å². The van der Waals surface area contributed by atoms with E-state index in [1.165, 1.54) is 38.5 Å². The molecule has 2 N–H and O–H groups in total. The lowest BCUT2D eigenvalue weighted by Gasteiger charge is -2.27. The van der Waals surface area contributed by atoms with Crippen molar-refractivity contribution >= 4 is 0 Å². The highest BCUT2D eigenvalue weighted by molar-refractivity contribution is 5.00. The van der Waals surface area contributed by atoms with Gasteiger partial charge in [-0.1, -0.05) is 12.8 Å². The average Bonchev–Trinajstić information content (AvgIpc) is 2.87. The van der Waals surface area contributed by atoms with Crippen LogP contribution < -0.4 is 5.32 Å². The zero-order valence-corrected chi connectivity index (χ0v) is 8.78. The van der Waals surface area contributed by atoms with E-state index >= 15 is 0 Å². The maximum atomic E-state index is 9.76. The Bertz CT molecular complexity index is 218. The van der Waals surface area contributed by atoms with E-state index in [1.54, 1.807) is 0 Å². The van der Waals surface area contributed by atoms with Gasteiger partial charge in [-0.05, 0) is 43.9 Å². The Balaban J connectivity index is 1.56. The van der Waals surface area contributed by atoms with Crippen molar-refractivity contribution in [3.63, 3.8) is 0 Å². The molecule has 0 saturated heterocycles. The zero-order chi connectivity index (χ0) is 9.54. The van der Waals surface area contributed by atoms with Crippen LogP contribution in [0.3, 0.4) is 0 Å². The first-order valence-corrected chi connectivity index (χ1v) is 6.29. The fraction of sp³-hybridized carbons (Fsp3) is 1.00. The predicted molar refractivity (Wildman–Crippen MR) is 56.0 cm³/mol. The largest absolute Gasteiger partial charge is 0.392 e. The second kappa shape index (κ2) is 3.49. The monoisotopic (exact) mass is 195 g/mol. The summed E-state index contributed by atoms with van der Waals surface area (Å²) in [6.07, 6.45) is 9.03. The molecule has 14 heavy (non-hydrogen) atoms. The molecular weight excluding hydrogens is 174 g/mol. The van der Waals surface area contributed by atoms with E-state index in [1.807, 2.05) is 0 Å². The Morgan fingerprint density at radius 1 is 0.929 bits per heavy atom. The summed E-state index contributed by atoms with van der Waals surface area (Å²) >= 11 is 0. The molecule has 3 unspecified atom stereocenters. The van der Waals surface area contributed by atoms with E-state index in [9.17, 15) is 5.11 Å². The van der Waals surface area contributed by atoms with Crippen LogP contribution in [-0.4, -0.2) is 23.3 Å². The summed E-state index contributed by atoms with van der Waals surface area (Å²) < 4.78 is 0. The van der Waals surface area contributed by atoms with Crippen LogP contribution in [0.4, 0.5) is 0 Å². The summed E-state index contributed by atoms with van der Waals surface area (Å²) in [6, 6.07) is 1.16. The van der Waals surface area contributed by atoms with E-state index in [0.717, 1.165) is 24.3 Å². The van der Waals surface area contributed by atoms with Crippen LogP contribution in [0.2, 0.25) is 0 Å². The van der Waals surface area contributed by atoms with E-state index in [4.69, 9.17) is 0 Å². The summed E-state index contributed by atoms with van der Waals surface area (Å²) in [6.45, 7) is 0. The van der Waals surface area contributed by atoms with E-state index in [-0.39, 0.29) is 6.10 Å². The Labute approximate surface area is 86.1 Å². The Kier molecular flexibility index (Phi) is 2.29. The van der Waals surface area contributed by atoms with Gasteiger partial charge in [0.15, 0.2) is 0 Å². The van der Waals surface area contributed by atoms with Gasteiger partial charge < -0.3 is 10.4 Å². The molecule has 0 spiro atoms. The van der Waals surface area contributed by atoms with E-state index in [0.29, 0.717) is 6.04 Å². The molecule has 5 atom stereocenters. The number of fused-ring (bicyclic) bond motifs is 1. The molecule has 3 aliphatic carbocycles. The zero-order valence-electron chi connectivity index (χ0n) is 8.78. The van der Waals surface area contributed by atoms with Crippen LogP contribution in [0.5, 0.6) is 0 Å². The van der Waals surface area contributed by atoms with Gasteiger partial charge in [-0.25, -0.2) is 0 Å². The second-order valence-electron chi connectivity index (χ2n) is 5.47. The van der Waals surface area contributed by atoms with Gasteiger partial charge in [0.2, 0.25) is 0 Å². The van der Waals surface area contributed by atoms with Crippen molar-refractivity contribution in [1.29, 1.82) is 0 Å². The van der Waals surface area contributed by atoms with Crippen molar-refractivity contribution in [2.24, 2.45) is 11.8 Å². The summed E-state index contributed by atoms with van der Waals surface area (Å²) in [4.78, 5) is 0. The van der Waals surface area contributed by atoms with E-state index < -0.39 is 0 Å². The molecule has 3 saturated carbocycles. The molecule has 2 nitrogen and oxygen atoms in total. The number of rotatable bonds is 2. The summed E-state index contributed by atoms with van der Waals surface area (Å²) in [5.74, 6) is 2.01. The number of aliphatic hydroxyl groups is 1. The predicted octanol–water partition coefficient (Wildman–Crippen LogP) is 1.68. The molecule has 0 heterocycles. The summed E-state index contributed by atoms with van der Waals surface area (Å²) in [5, 5.41) is 13.5. The first kappa shape index (κ1) is 9.17. The molecule has 0 amide bonds. The first-order chi connectivity index (χ1) is 6.84. The van der Waals surface area contributed by atoms with Crippen molar-refractivity contribution in [2.45, 2.75) is 63.1 Å². The number of hydrogen-bond donors (Lipinski definition) is 2. The molecular formula is C12H21NO. The first-order valence-electron chi connectivity index (χ1n) is 6.29. The molecule has 0 aromatic rings. The summed E-state index contributed by atoms with van der Waals surface area (Å²) in [5.41, 5.74) is 0. The van der Waals surface area contributed by atoms with Crippen LogP contribution in [0, 0.1) is 11.8 Å². The number of aliphatic hydroxyl groups excluding tert-OH is 1. The molecule has 0 radical (unpaired) electrons. The lowest BCUT2D eigenvalue weighted by atomic mass is 9.94. The normalized spacial score (nSPS) is 51.6. The maximum absolute atomic E-state index is 9.76. The van der Waals surface area contributed by atoms with Crippen LogP contribution in [0.25, 0.3) is 0 Å². The fourth-order valence-electron chi connectivity index (χ4n) is 3.53. The van der Waals surface area contributed by atoms with Gasteiger partial charge in [-0.3, -0.25) is 0 Å². The van der Waals surface area contributed by atoms with Crippen LogP contribution in [0.1, 0.15) is 44.9 Å². The third-order valence-corrected chi connectivity index (χ3v) is 4.49. The standard InChI is InChI=1S/C12H21NO/c14-12-6-2-5-11(12)13-10-4-1-3-8-7-9(8)10/h8-14H,1-7H2/t8?,9?,10?,11-,12-/m1/s1. The Morgan fingerprint density at radius 3 is 2.50 bits per heavy atom. The minimum absolute atomic E-state index is 0.0610. The lowest BCUT2D eigenvalue weighted by Crippen LogP contribution is -2.44. The molecule has 80 valence electrons. The number of hydrogen-bond acceptors (Lipinski definition) is 2. The lowest BCUT2D eigenvalue weighted by molar-refractivity contribution is 0.136. The van der Waals surface area contributed by atoms with Gasteiger partial charge in [0.25, 0.3) is 0 Å².